The lowest BCUT2D eigenvalue weighted by atomic mass is 10.1. The molecule has 3 rings (SSSR count). The lowest BCUT2D eigenvalue weighted by molar-refractivity contribution is 0.777. The largest absolute Gasteiger partial charge is 0.326 e. The quantitative estimate of drug-likeness (QED) is 0.796. The zero-order valence-corrected chi connectivity index (χ0v) is 11.4. The molecule has 5 heteroatoms. The monoisotopic (exact) mass is 270 g/mol. The van der Waals surface area contributed by atoms with Crippen LogP contribution in [0.1, 0.15) is 5.56 Å². The molecule has 0 aliphatic heterocycles. The van der Waals surface area contributed by atoms with Crippen molar-refractivity contribution in [1.82, 2.24) is 14.8 Å². The molecule has 2 aromatic heterocycles. The average Bonchev–Trinajstić information content (AvgIpc) is 3.07. The third-order valence-electron chi connectivity index (χ3n) is 2.93. The lowest BCUT2D eigenvalue weighted by Gasteiger charge is -2.02. The van der Waals surface area contributed by atoms with Crippen LogP contribution in [0.3, 0.4) is 0 Å². The SMILES string of the molecule is Cn1nc(-c2cccs2)nc1-c1cccc(CN)c1. The van der Waals surface area contributed by atoms with Crippen LogP contribution in [-0.2, 0) is 13.6 Å². The molecule has 2 N–H and O–H groups in total. The van der Waals surface area contributed by atoms with E-state index in [0.29, 0.717) is 6.54 Å². The van der Waals surface area contributed by atoms with Crippen molar-refractivity contribution >= 4 is 11.3 Å². The topological polar surface area (TPSA) is 56.7 Å². The van der Waals surface area contributed by atoms with Crippen molar-refractivity contribution in [3.63, 3.8) is 0 Å². The van der Waals surface area contributed by atoms with E-state index in [9.17, 15) is 0 Å². The maximum atomic E-state index is 5.68. The Labute approximate surface area is 115 Å². The van der Waals surface area contributed by atoms with E-state index >= 15 is 0 Å². The number of nitrogens with two attached hydrogens (primary N) is 1. The molecule has 0 saturated carbocycles. The van der Waals surface area contributed by atoms with Gasteiger partial charge in [-0.2, -0.15) is 0 Å². The summed E-state index contributed by atoms with van der Waals surface area (Å²) in [5.41, 5.74) is 7.81. The molecule has 0 amide bonds. The van der Waals surface area contributed by atoms with Crippen LogP contribution >= 0.6 is 11.3 Å². The number of aryl methyl sites for hydroxylation is 1. The highest BCUT2D eigenvalue weighted by Crippen LogP contribution is 2.25. The number of aromatic nitrogens is 3. The maximum absolute atomic E-state index is 5.68. The van der Waals surface area contributed by atoms with Crippen LogP contribution in [0.5, 0.6) is 0 Å². The standard InChI is InChI=1S/C14H14N4S/c1-18-14(11-5-2-4-10(8-11)9-15)16-13(17-18)12-6-3-7-19-12/h2-8H,9,15H2,1H3. The van der Waals surface area contributed by atoms with Crippen LogP contribution in [0.2, 0.25) is 0 Å². The van der Waals surface area contributed by atoms with E-state index in [0.717, 1.165) is 27.7 Å². The number of rotatable bonds is 3. The van der Waals surface area contributed by atoms with Gasteiger partial charge >= 0.3 is 0 Å². The highest BCUT2D eigenvalue weighted by atomic mass is 32.1. The molecule has 0 fully saturated rings. The molecule has 96 valence electrons. The third-order valence-corrected chi connectivity index (χ3v) is 3.79. The van der Waals surface area contributed by atoms with Gasteiger partial charge in [0.2, 0.25) is 0 Å². The third kappa shape index (κ3) is 2.30. The molecular formula is C14H14N4S. The fraction of sp³-hybridized carbons (Fsp3) is 0.143. The summed E-state index contributed by atoms with van der Waals surface area (Å²) in [5.74, 6) is 1.63. The first-order valence-electron chi connectivity index (χ1n) is 6.02. The fourth-order valence-corrected chi connectivity index (χ4v) is 2.64. The first-order chi connectivity index (χ1) is 9.28. The summed E-state index contributed by atoms with van der Waals surface area (Å²) in [6.45, 7) is 0.531. The van der Waals surface area contributed by atoms with Crippen LogP contribution in [0.15, 0.2) is 41.8 Å². The van der Waals surface area contributed by atoms with Gasteiger partial charge in [0.25, 0.3) is 0 Å². The normalized spacial score (nSPS) is 10.8. The van der Waals surface area contributed by atoms with E-state index in [1.165, 1.54) is 0 Å². The second kappa shape index (κ2) is 4.95. The molecule has 4 nitrogen and oxygen atoms in total. The number of hydrogen-bond acceptors (Lipinski definition) is 4. The Morgan fingerprint density at radius 3 is 2.89 bits per heavy atom. The summed E-state index contributed by atoms with van der Waals surface area (Å²) in [4.78, 5) is 5.70. The van der Waals surface area contributed by atoms with Gasteiger partial charge in [0.15, 0.2) is 11.6 Å². The van der Waals surface area contributed by atoms with Gasteiger partial charge < -0.3 is 5.73 Å². The lowest BCUT2D eigenvalue weighted by Crippen LogP contribution is -1.98. The molecule has 0 atom stereocenters. The highest BCUT2D eigenvalue weighted by Gasteiger charge is 2.11. The molecule has 0 saturated heterocycles. The van der Waals surface area contributed by atoms with Gasteiger partial charge in [-0.25, -0.2) is 9.67 Å². The molecule has 0 aliphatic rings. The molecule has 19 heavy (non-hydrogen) atoms. The minimum absolute atomic E-state index is 0.531. The number of hydrogen-bond donors (Lipinski definition) is 1. The second-order valence-corrected chi connectivity index (χ2v) is 5.21. The van der Waals surface area contributed by atoms with E-state index in [2.05, 4.69) is 16.1 Å². The van der Waals surface area contributed by atoms with E-state index < -0.39 is 0 Å². The van der Waals surface area contributed by atoms with Crippen molar-refractivity contribution in [2.24, 2.45) is 12.8 Å². The summed E-state index contributed by atoms with van der Waals surface area (Å²) in [6, 6.07) is 12.1. The van der Waals surface area contributed by atoms with Crippen molar-refractivity contribution in [2.75, 3.05) is 0 Å². The zero-order valence-electron chi connectivity index (χ0n) is 10.6. The van der Waals surface area contributed by atoms with Gasteiger partial charge in [-0.15, -0.1) is 16.4 Å². The zero-order chi connectivity index (χ0) is 13.2. The summed E-state index contributed by atoms with van der Waals surface area (Å²) in [7, 11) is 1.91. The van der Waals surface area contributed by atoms with Crippen molar-refractivity contribution in [3.8, 4) is 22.1 Å². The van der Waals surface area contributed by atoms with Crippen molar-refractivity contribution < 1.29 is 0 Å². The predicted octanol–water partition coefficient (Wildman–Crippen LogP) is 2.67. The maximum Gasteiger partial charge on any atom is 0.191 e. The average molecular weight is 270 g/mol. The summed E-state index contributed by atoms with van der Waals surface area (Å²) in [6.07, 6.45) is 0. The fourth-order valence-electron chi connectivity index (χ4n) is 1.98. The first kappa shape index (κ1) is 12.1. The number of thiophene rings is 1. The molecule has 3 aromatic rings. The first-order valence-corrected chi connectivity index (χ1v) is 6.90. The molecule has 0 spiro atoms. The van der Waals surface area contributed by atoms with Crippen molar-refractivity contribution in [2.45, 2.75) is 6.54 Å². The minimum atomic E-state index is 0.531. The van der Waals surface area contributed by atoms with E-state index in [1.54, 1.807) is 11.3 Å². The van der Waals surface area contributed by atoms with Gasteiger partial charge in [-0.3, -0.25) is 0 Å². The summed E-state index contributed by atoms with van der Waals surface area (Å²) >= 11 is 1.64. The van der Waals surface area contributed by atoms with Crippen LogP contribution in [0.4, 0.5) is 0 Å². The number of benzene rings is 1. The van der Waals surface area contributed by atoms with Crippen molar-refractivity contribution in [3.05, 3.63) is 47.3 Å². The molecule has 1 aromatic carbocycles. The van der Waals surface area contributed by atoms with Crippen LogP contribution in [0, 0.1) is 0 Å². The van der Waals surface area contributed by atoms with Crippen LogP contribution < -0.4 is 5.73 Å². The Morgan fingerprint density at radius 1 is 1.26 bits per heavy atom. The molecule has 0 aliphatic carbocycles. The molecule has 0 radical (unpaired) electrons. The Bertz CT molecular complexity index is 685. The molecule has 0 unspecified atom stereocenters. The van der Waals surface area contributed by atoms with Gasteiger partial charge in [0.05, 0.1) is 4.88 Å². The van der Waals surface area contributed by atoms with E-state index in [4.69, 9.17) is 5.73 Å². The van der Waals surface area contributed by atoms with Gasteiger partial charge in [-0.05, 0) is 23.1 Å². The summed E-state index contributed by atoms with van der Waals surface area (Å²) < 4.78 is 1.81. The molecule has 0 bridgehead atoms. The highest BCUT2D eigenvalue weighted by molar-refractivity contribution is 7.13. The van der Waals surface area contributed by atoms with Gasteiger partial charge in [0, 0.05) is 19.2 Å². The van der Waals surface area contributed by atoms with Crippen LogP contribution in [-0.4, -0.2) is 14.8 Å². The Kier molecular flexibility index (Phi) is 3.15. The van der Waals surface area contributed by atoms with Gasteiger partial charge in [0.1, 0.15) is 0 Å². The predicted molar refractivity (Wildman–Crippen MR) is 77.6 cm³/mol. The number of nitrogens with zero attached hydrogens (tertiary/aromatic N) is 3. The molecule has 2 heterocycles. The van der Waals surface area contributed by atoms with E-state index in [-0.39, 0.29) is 0 Å². The Balaban J connectivity index is 2.05. The minimum Gasteiger partial charge on any atom is -0.326 e. The molecular weight excluding hydrogens is 256 g/mol. The second-order valence-electron chi connectivity index (χ2n) is 4.26. The van der Waals surface area contributed by atoms with Crippen molar-refractivity contribution in [1.29, 1.82) is 0 Å². The van der Waals surface area contributed by atoms with E-state index in [1.807, 2.05) is 47.4 Å². The Hall–Kier alpha value is -1.98. The smallest absolute Gasteiger partial charge is 0.191 e. The Morgan fingerprint density at radius 2 is 2.16 bits per heavy atom. The van der Waals surface area contributed by atoms with Crippen LogP contribution in [0.25, 0.3) is 22.1 Å². The summed E-state index contributed by atoms with van der Waals surface area (Å²) in [5, 5.41) is 6.50. The van der Waals surface area contributed by atoms with Gasteiger partial charge in [-0.1, -0.05) is 24.3 Å².